The summed E-state index contributed by atoms with van der Waals surface area (Å²) in [6.07, 6.45) is -3.97. The number of ether oxygens (including phenoxy) is 1. The van der Waals surface area contributed by atoms with Crippen LogP contribution in [0.1, 0.15) is 36.8 Å². The number of halogens is 3. The molecule has 1 aromatic heterocycles. The van der Waals surface area contributed by atoms with E-state index in [9.17, 15) is 18.0 Å². The number of thioether (sulfide) groups is 1. The van der Waals surface area contributed by atoms with E-state index in [-0.39, 0.29) is 5.69 Å². The maximum absolute atomic E-state index is 13.4. The fraction of sp³-hybridized carbons (Fsp3) is 0.318. The number of alkyl halides is 3. The molecule has 0 spiro atoms. The average molecular weight is 478 g/mol. The van der Waals surface area contributed by atoms with Crippen LogP contribution in [-0.4, -0.2) is 32.6 Å². The normalized spacial score (nSPS) is 17.7. The molecule has 0 aliphatic carbocycles. The maximum Gasteiger partial charge on any atom is 0.418 e. The molecule has 1 aliphatic rings. The van der Waals surface area contributed by atoms with Gasteiger partial charge in [0.1, 0.15) is 11.0 Å². The Morgan fingerprint density at radius 1 is 1.15 bits per heavy atom. The number of anilines is 1. The van der Waals surface area contributed by atoms with Crippen molar-refractivity contribution < 1.29 is 22.7 Å². The Morgan fingerprint density at radius 2 is 1.88 bits per heavy atom. The first kappa shape index (κ1) is 23.0. The van der Waals surface area contributed by atoms with Gasteiger partial charge in [-0.2, -0.15) is 13.2 Å². The summed E-state index contributed by atoms with van der Waals surface area (Å²) in [5.41, 5.74) is 2.86. The molecule has 33 heavy (non-hydrogen) atoms. The minimum atomic E-state index is -4.59. The van der Waals surface area contributed by atoms with Gasteiger partial charge in [-0.25, -0.2) is 4.68 Å². The second kappa shape index (κ2) is 9.34. The molecule has 3 aromatic rings. The minimum absolute atomic E-state index is 0.290. The van der Waals surface area contributed by atoms with E-state index in [0.717, 1.165) is 23.4 Å². The number of fused-ring (bicyclic) bond motifs is 1. The number of benzene rings is 2. The van der Waals surface area contributed by atoms with Gasteiger partial charge < -0.3 is 15.5 Å². The Bertz CT molecular complexity index is 1130. The van der Waals surface area contributed by atoms with Crippen molar-refractivity contribution in [3.05, 3.63) is 65.5 Å². The number of aromatic nitrogens is 3. The molecule has 0 radical (unpaired) electrons. The van der Waals surface area contributed by atoms with Crippen LogP contribution in [0.25, 0.3) is 0 Å². The van der Waals surface area contributed by atoms with Gasteiger partial charge >= 0.3 is 6.18 Å². The number of carbonyl (C=O) groups is 1. The molecule has 4 rings (SSSR count). The summed E-state index contributed by atoms with van der Waals surface area (Å²) in [6.45, 7) is 4.33. The molecule has 2 heterocycles. The van der Waals surface area contributed by atoms with E-state index in [1.807, 2.05) is 26.0 Å². The first-order valence-electron chi connectivity index (χ1n) is 10.4. The summed E-state index contributed by atoms with van der Waals surface area (Å²) < 4.78 is 47.5. The lowest BCUT2D eigenvalue weighted by Gasteiger charge is -2.33. The third kappa shape index (κ3) is 4.77. The van der Waals surface area contributed by atoms with E-state index < -0.39 is 28.9 Å². The van der Waals surface area contributed by atoms with Crippen LogP contribution >= 0.6 is 11.8 Å². The van der Waals surface area contributed by atoms with Crippen molar-refractivity contribution in [1.29, 1.82) is 0 Å². The van der Waals surface area contributed by atoms with Gasteiger partial charge in [-0.1, -0.05) is 43.0 Å². The molecule has 0 bridgehead atoms. The molecule has 1 aliphatic heterocycles. The number of hydrogen-bond donors (Lipinski definition) is 2. The van der Waals surface area contributed by atoms with Gasteiger partial charge in [0.05, 0.1) is 23.9 Å². The van der Waals surface area contributed by atoms with E-state index in [0.29, 0.717) is 29.8 Å². The molecule has 2 atom stereocenters. The topological polar surface area (TPSA) is 81.1 Å². The molecule has 7 nitrogen and oxygen atoms in total. The largest absolute Gasteiger partial charge is 0.494 e. The molecule has 2 unspecified atom stereocenters. The number of carbonyl (C=O) groups excluding carboxylic acids is 1. The van der Waals surface area contributed by atoms with Crippen LogP contribution in [0.15, 0.2) is 53.7 Å². The summed E-state index contributed by atoms with van der Waals surface area (Å²) in [5.74, 6) is 0.800. The van der Waals surface area contributed by atoms with Gasteiger partial charge in [-0.05, 0) is 36.8 Å². The monoisotopic (exact) mass is 477 g/mol. The highest BCUT2D eigenvalue weighted by Crippen LogP contribution is 2.39. The molecule has 2 aromatic carbocycles. The quantitative estimate of drug-likeness (QED) is 0.538. The highest BCUT2D eigenvalue weighted by atomic mass is 32.2. The molecule has 0 fully saturated rings. The van der Waals surface area contributed by atoms with Crippen LogP contribution in [0.3, 0.4) is 0 Å². The zero-order valence-corrected chi connectivity index (χ0v) is 18.7. The molecule has 2 N–H and O–H groups in total. The minimum Gasteiger partial charge on any atom is -0.494 e. The first-order valence-corrected chi connectivity index (χ1v) is 11.3. The van der Waals surface area contributed by atoms with Crippen LogP contribution in [0.5, 0.6) is 5.75 Å². The van der Waals surface area contributed by atoms with Crippen molar-refractivity contribution in [2.75, 3.05) is 17.3 Å². The van der Waals surface area contributed by atoms with Gasteiger partial charge in [0, 0.05) is 6.42 Å². The second-order valence-corrected chi connectivity index (χ2v) is 8.38. The van der Waals surface area contributed by atoms with Crippen LogP contribution in [-0.2, 0) is 17.4 Å². The summed E-state index contributed by atoms with van der Waals surface area (Å²) >= 11 is 1.15. The molecule has 11 heteroatoms. The third-order valence-corrected chi connectivity index (χ3v) is 6.33. The predicted octanol–water partition coefficient (Wildman–Crippen LogP) is 4.66. The molecule has 0 saturated carbocycles. The number of rotatable bonds is 6. The van der Waals surface area contributed by atoms with E-state index in [1.165, 1.54) is 18.2 Å². The number of aryl methyl sites for hydroxylation is 1. The van der Waals surface area contributed by atoms with E-state index >= 15 is 0 Å². The smallest absolute Gasteiger partial charge is 0.418 e. The van der Waals surface area contributed by atoms with E-state index in [2.05, 4.69) is 20.9 Å². The van der Waals surface area contributed by atoms with Crippen molar-refractivity contribution in [2.45, 2.75) is 42.9 Å². The third-order valence-electron chi connectivity index (χ3n) is 5.12. The predicted molar refractivity (Wildman–Crippen MR) is 119 cm³/mol. The van der Waals surface area contributed by atoms with Crippen molar-refractivity contribution in [2.24, 2.45) is 0 Å². The fourth-order valence-electron chi connectivity index (χ4n) is 3.56. The van der Waals surface area contributed by atoms with Crippen molar-refractivity contribution in [3.63, 3.8) is 0 Å². The summed E-state index contributed by atoms with van der Waals surface area (Å²) in [7, 11) is 0. The molecule has 0 saturated heterocycles. The van der Waals surface area contributed by atoms with Crippen molar-refractivity contribution >= 4 is 23.4 Å². The molecule has 1 amide bonds. The number of para-hydroxylation sites is 1. The SMILES string of the molecule is CCOc1ccc(C2Nn3c(CC)nnc3SC2C(=O)Nc2ccccc2C(F)(F)F)cc1. The lowest BCUT2D eigenvalue weighted by atomic mass is 10.0. The summed E-state index contributed by atoms with van der Waals surface area (Å²) in [4.78, 5) is 13.3. The number of nitrogens with zero attached hydrogens (tertiary/aromatic N) is 3. The van der Waals surface area contributed by atoms with Crippen LogP contribution in [0.2, 0.25) is 0 Å². The zero-order valence-electron chi connectivity index (χ0n) is 17.9. The van der Waals surface area contributed by atoms with E-state index in [1.54, 1.807) is 16.8 Å². The maximum atomic E-state index is 13.4. The summed E-state index contributed by atoms with van der Waals surface area (Å²) in [6, 6.07) is 11.6. The van der Waals surface area contributed by atoms with Gasteiger partial charge in [0.2, 0.25) is 11.1 Å². The van der Waals surface area contributed by atoms with Gasteiger partial charge in [0.25, 0.3) is 0 Å². The fourth-order valence-corrected chi connectivity index (χ4v) is 4.66. The van der Waals surface area contributed by atoms with Crippen LogP contribution < -0.4 is 15.5 Å². The average Bonchev–Trinajstić information content (AvgIpc) is 3.21. The lowest BCUT2D eigenvalue weighted by molar-refractivity contribution is -0.137. The van der Waals surface area contributed by atoms with Gasteiger partial charge in [0.15, 0.2) is 5.82 Å². The van der Waals surface area contributed by atoms with Gasteiger partial charge in [-0.3, -0.25) is 4.79 Å². The lowest BCUT2D eigenvalue weighted by Crippen LogP contribution is -2.41. The first-order chi connectivity index (χ1) is 15.8. The molecule has 174 valence electrons. The number of hydrogen-bond acceptors (Lipinski definition) is 6. The summed E-state index contributed by atoms with van der Waals surface area (Å²) in [5, 5.41) is 10.4. The van der Waals surface area contributed by atoms with E-state index in [4.69, 9.17) is 4.74 Å². The number of amides is 1. The Hall–Kier alpha value is -3.21. The number of nitrogens with one attached hydrogen (secondary N) is 2. The van der Waals surface area contributed by atoms with Crippen molar-refractivity contribution in [3.8, 4) is 5.75 Å². The molecular weight excluding hydrogens is 455 g/mol. The highest BCUT2D eigenvalue weighted by molar-refractivity contribution is 8.00. The Morgan fingerprint density at radius 3 is 2.55 bits per heavy atom. The zero-order chi connectivity index (χ0) is 23.6. The Balaban J connectivity index is 1.67. The Labute approximate surface area is 192 Å². The Kier molecular flexibility index (Phi) is 6.50. The molecular formula is C22H22F3N5O2S. The van der Waals surface area contributed by atoms with Crippen LogP contribution in [0, 0.1) is 0 Å². The van der Waals surface area contributed by atoms with Crippen molar-refractivity contribution in [1.82, 2.24) is 14.9 Å². The van der Waals surface area contributed by atoms with Gasteiger partial charge in [-0.15, -0.1) is 10.2 Å². The van der Waals surface area contributed by atoms with Crippen LogP contribution in [0.4, 0.5) is 18.9 Å². The second-order valence-electron chi connectivity index (χ2n) is 7.27. The highest BCUT2D eigenvalue weighted by Gasteiger charge is 2.39. The standard InChI is InChI=1S/C22H22F3N5O2S/c1-3-17-27-28-21-30(17)29-18(13-9-11-14(12-10-13)32-4-2)19(33-21)20(31)26-16-8-6-5-7-15(16)22(23,24)25/h5-12,18-19,29H,3-4H2,1-2H3,(H,26,31).